The molecule has 10 heavy (non-hydrogen) atoms. The first kappa shape index (κ1) is 6.54. The lowest BCUT2D eigenvalue weighted by Gasteiger charge is -1.88. The zero-order valence-corrected chi connectivity index (χ0v) is 4.94. The maximum absolute atomic E-state index is 10.0. The standard InChI is InChI=1S/C6H4NO3/c8-6-3-1-5(2-4-6)7(9)10/h1,3-4,8H. The predicted molar refractivity (Wildman–Crippen MR) is 33.6 cm³/mol. The van der Waals surface area contributed by atoms with E-state index in [-0.39, 0.29) is 11.4 Å². The molecule has 0 saturated carbocycles. The molecule has 0 unspecified atom stereocenters. The number of phenols is 1. The van der Waals surface area contributed by atoms with E-state index in [9.17, 15) is 10.1 Å². The van der Waals surface area contributed by atoms with Crippen LogP contribution in [0.4, 0.5) is 5.69 Å². The second-order valence-corrected chi connectivity index (χ2v) is 1.69. The first-order chi connectivity index (χ1) is 4.70. The minimum atomic E-state index is -0.570. The summed E-state index contributed by atoms with van der Waals surface area (Å²) in [6.07, 6.45) is 0. The molecule has 1 aromatic rings. The van der Waals surface area contributed by atoms with Gasteiger partial charge in [-0.15, -0.1) is 0 Å². The van der Waals surface area contributed by atoms with Crippen LogP contribution in [0, 0.1) is 16.2 Å². The Morgan fingerprint density at radius 3 is 2.70 bits per heavy atom. The number of hydrogen-bond donors (Lipinski definition) is 1. The summed E-state index contributed by atoms with van der Waals surface area (Å²) in [5.41, 5.74) is -0.141. The average Bonchev–Trinajstić information content (AvgIpc) is 1.88. The second kappa shape index (κ2) is 2.34. The van der Waals surface area contributed by atoms with Crippen molar-refractivity contribution in [1.82, 2.24) is 0 Å². The largest absolute Gasteiger partial charge is 0.508 e. The summed E-state index contributed by atoms with van der Waals surface area (Å²) in [7, 11) is 0. The van der Waals surface area contributed by atoms with Crippen molar-refractivity contribution in [2.45, 2.75) is 0 Å². The molecule has 0 aliphatic heterocycles. The summed E-state index contributed by atoms with van der Waals surface area (Å²) < 4.78 is 0. The Hall–Kier alpha value is -1.58. The summed E-state index contributed by atoms with van der Waals surface area (Å²) in [5, 5.41) is 18.7. The van der Waals surface area contributed by atoms with Crippen LogP contribution in [0.15, 0.2) is 18.2 Å². The monoisotopic (exact) mass is 138 g/mol. The third-order valence-electron chi connectivity index (χ3n) is 0.977. The number of phenolic OH excluding ortho intramolecular Hbond substituents is 1. The molecule has 0 fully saturated rings. The molecule has 1 rings (SSSR count). The van der Waals surface area contributed by atoms with Crippen LogP contribution in [0.25, 0.3) is 0 Å². The molecule has 0 spiro atoms. The summed E-state index contributed by atoms with van der Waals surface area (Å²) in [5.74, 6) is -0.0226. The van der Waals surface area contributed by atoms with Crippen LogP contribution in [-0.4, -0.2) is 10.0 Å². The molecule has 0 aliphatic carbocycles. The van der Waals surface area contributed by atoms with Crippen molar-refractivity contribution >= 4 is 5.69 Å². The summed E-state index contributed by atoms with van der Waals surface area (Å²) in [4.78, 5) is 9.43. The van der Waals surface area contributed by atoms with Crippen LogP contribution >= 0.6 is 0 Å². The smallest absolute Gasteiger partial charge is 0.277 e. The quantitative estimate of drug-likeness (QED) is 0.466. The predicted octanol–water partition coefficient (Wildman–Crippen LogP) is 1.10. The molecule has 0 aromatic heterocycles. The number of nitro benzene ring substituents is 1. The average molecular weight is 138 g/mol. The van der Waals surface area contributed by atoms with Crippen LogP contribution in [0.1, 0.15) is 0 Å². The zero-order valence-electron chi connectivity index (χ0n) is 4.94. The van der Waals surface area contributed by atoms with Gasteiger partial charge in [0.25, 0.3) is 5.69 Å². The number of hydrogen-bond acceptors (Lipinski definition) is 3. The van der Waals surface area contributed by atoms with Gasteiger partial charge in [0.2, 0.25) is 0 Å². The number of aromatic hydroxyl groups is 1. The first-order valence-electron chi connectivity index (χ1n) is 2.55. The Morgan fingerprint density at radius 2 is 2.30 bits per heavy atom. The van der Waals surface area contributed by atoms with Crippen molar-refractivity contribution in [3.8, 4) is 5.75 Å². The van der Waals surface area contributed by atoms with E-state index in [0.717, 1.165) is 6.07 Å². The van der Waals surface area contributed by atoms with Crippen molar-refractivity contribution in [2.75, 3.05) is 0 Å². The molecule has 0 amide bonds. The lowest BCUT2D eigenvalue weighted by Crippen LogP contribution is -1.85. The minimum absolute atomic E-state index is 0.0226. The van der Waals surface area contributed by atoms with Gasteiger partial charge >= 0.3 is 0 Å². The van der Waals surface area contributed by atoms with Crippen molar-refractivity contribution in [1.29, 1.82) is 0 Å². The Balaban J connectivity index is 3.00. The molecular formula is C6H4NO3. The van der Waals surface area contributed by atoms with Gasteiger partial charge in [-0.3, -0.25) is 10.1 Å². The maximum atomic E-state index is 10.0. The number of nitro groups is 1. The van der Waals surface area contributed by atoms with Crippen LogP contribution in [-0.2, 0) is 0 Å². The Labute approximate surface area is 56.9 Å². The SMILES string of the molecule is O=[N+]([O-])c1[c]cc(O)cc1. The van der Waals surface area contributed by atoms with Crippen LogP contribution in [0.2, 0.25) is 0 Å². The lowest BCUT2D eigenvalue weighted by molar-refractivity contribution is -0.385. The van der Waals surface area contributed by atoms with Crippen LogP contribution < -0.4 is 0 Å². The summed E-state index contributed by atoms with van der Waals surface area (Å²) in [6, 6.07) is 5.87. The Morgan fingerprint density at radius 1 is 1.60 bits per heavy atom. The third-order valence-corrected chi connectivity index (χ3v) is 0.977. The van der Waals surface area contributed by atoms with Gasteiger partial charge in [0.05, 0.1) is 11.0 Å². The highest BCUT2D eigenvalue weighted by Gasteiger charge is 2.02. The topological polar surface area (TPSA) is 63.4 Å². The van der Waals surface area contributed by atoms with Crippen LogP contribution in [0.3, 0.4) is 0 Å². The van der Waals surface area contributed by atoms with E-state index >= 15 is 0 Å². The molecule has 1 radical (unpaired) electrons. The van der Waals surface area contributed by atoms with Crippen molar-refractivity contribution in [3.63, 3.8) is 0 Å². The molecule has 4 nitrogen and oxygen atoms in total. The number of nitrogens with zero attached hydrogens (tertiary/aromatic N) is 1. The molecular weight excluding hydrogens is 134 g/mol. The van der Waals surface area contributed by atoms with E-state index in [2.05, 4.69) is 6.07 Å². The highest BCUT2D eigenvalue weighted by Crippen LogP contribution is 2.14. The fourth-order valence-corrected chi connectivity index (χ4v) is 0.522. The molecule has 0 saturated heterocycles. The van der Waals surface area contributed by atoms with E-state index in [0.29, 0.717) is 0 Å². The Bertz CT molecular complexity index is 242. The second-order valence-electron chi connectivity index (χ2n) is 1.69. The van der Waals surface area contributed by atoms with Crippen LogP contribution in [0.5, 0.6) is 5.75 Å². The van der Waals surface area contributed by atoms with E-state index in [1.54, 1.807) is 0 Å². The van der Waals surface area contributed by atoms with Gasteiger partial charge in [-0.25, -0.2) is 0 Å². The fourth-order valence-electron chi connectivity index (χ4n) is 0.522. The molecule has 51 valence electrons. The normalized spacial score (nSPS) is 9.20. The number of rotatable bonds is 1. The minimum Gasteiger partial charge on any atom is -0.508 e. The lowest BCUT2D eigenvalue weighted by atomic mass is 10.3. The number of non-ortho nitro benzene ring substituents is 1. The third kappa shape index (κ3) is 1.22. The molecule has 1 aromatic carbocycles. The fraction of sp³-hybridized carbons (Fsp3) is 0. The van der Waals surface area contributed by atoms with E-state index in [4.69, 9.17) is 5.11 Å². The molecule has 0 atom stereocenters. The van der Waals surface area contributed by atoms with Gasteiger partial charge in [0.1, 0.15) is 5.75 Å². The van der Waals surface area contributed by atoms with Gasteiger partial charge in [0, 0.05) is 6.07 Å². The first-order valence-corrected chi connectivity index (χ1v) is 2.55. The zero-order chi connectivity index (χ0) is 7.56. The van der Waals surface area contributed by atoms with Gasteiger partial charge in [0.15, 0.2) is 0 Å². The number of benzene rings is 1. The van der Waals surface area contributed by atoms with Crippen molar-refractivity contribution in [2.24, 2.45) is 0 Å². The summed E-state index contributed by atoms with van der Waals surface area (Å²) in [6.45, 7) is 0. The molecule has 0 aliphatic rings. The highest BCUT2D eigenvalue weighted by molar-refractivity contribution is 5.33. The van der Waals surface area contributed by atoms with Gasteiger partial charge in [-0.05, 0) is 12.1 Å². The van der Waals surface area contributed by atoms with E-state index in [1.807, 2.05) is 0 Å². The Kier molecular flexibility index (Phi) is 1.53. The van der Waals surface area contributed by atoms with Gasteiger partial charge < -0.3 is 5.11 Å². The van der Waals surface area contributed by atoms with Gasteiger partial charge in [-0.1, -0.05) is 0 Å². The summed E-state index contributed by atoms with van der Waals surface area (Å²) >= 11 is 0. The molecule has 1 N–H and O–H groups in total. The maximum Gasteiger partial charge on any atom is 0.277 e. The van der Waals surface area contributed by atoms with E-state index in [1.165, 1.54) is 12.1 Å². The highest BCUT2D eigenvalue weighted by atomic mass is 16.6. The molecule has 0 bridgehead atoms. The van der Waals surface area contributed by atoms with Gasteiger partial charge in [-0.2, -0.15) is 0 Å². The molecule has 4 heteroatoms. The molecule has 0 heterocycles. The van der Waals surface area contributed by atoms with E-state index < -0.39 is 4.92 Å². The van der Waals surface area contributed by atoms with Crippen molar-refractivity contribution in [3.05, 3.63) is 34.4 Å². The van der Waals surface area contributed by atoms with Crippen molar-refractivity contribution < 1.29 is 10.0 Å².